The van der Waals surface area contributed by atoms with Gasteiger partial charge in [0.05, 0.1) is 15.4 Å². The first-order valence-electron chi connectivity index (χ1n) is 9.71. The molecular formula is C23H25Cl3O3. The average Bonchev–Trinajstić information content (AvgIpc) is 2.63. The number of alkyl halides is 1. The van der Waals surface area contributed by atoms with Crippen molar-refractivity contribution in [2.45, 2.75) is 70.0 Å². The van der Waals surface area contributed by atoms with Crippen LogP contribution in [0.1, 0.15) is 63.6 Å². The highest BCUT2D eigenvalue weighted by molar-refractivity contribution is 6.45. The summed E-state index contributed by atoms with van der Waals surface area (Å²) in [5.74, 6) is -1.31. The number of ketones is 2. The van der Waals surface area contributed by atoms with Crippen molar-refractivity contribution in [2.24, 2.45) is 0 Å². The lowest BCUT2D eigenvalue weighted by molar-refractivity contribution is -0.184. The highest BCUT2D eigenvalue weighted by atomic mass is 35.5. The van der Waals surface area contributed by atoms with Gasteiger partial charge in [-0.05, 0) is 68.9 Å². The molecule has 0 N–H and O–H groups in total. The van der Waals surface area contributed by atoms with Gasteiger partial charge in [0.1, 0.15) is 17.1 Å². The van der Waals surface area contributed by atoms with Crippen LogP contribution in [0.3, 0.4) is 0 Å². The zero-order chi connectivity index (χ0) is 21.7. The molecule has 3 nitrogen and oxygen atoms in total. The fourth-order valence-electron chi connectivity index (χ4n) is 4.13. The molecule has 156 valence electrons. The maximum absolute atomic E-state index is 13.2. The number of rotatable bonds is 3. The van der Waals surface area contributed by atoms with Crippen LogP contribution in [0.25, 0.3) is 5.57 Å². The van der Waals surface area contributed by atoms with E-state index in [1.54, 1.807) is 33.8 Å². The lowest BCUT2D eigenvalue weighted by Gasteiger charge is -2.43. The Morgan fingerprint density at radius 2 is 1.66 bits per heavy atom. The molecule has 0 bridgehead atoms. The smallest absolute Gasteiger partial charge is 0.179 e. The fraction of sp³-hybridized carbons (Fsp3) is 0.478. The van der Waals surface area contributed by atoms with Gasteiger partial charge in [-0.25, -0.2) is 0 Å². The van der Waals surface area contributed by atoms with Gasteiger partial charge in [0.25, 0.3) is 0 Å². The van der Waals surface area contributed by atoms with Crippen molar-refractivity contribution in [1.29, 1.82) is 0 Å². The predicted molar refractivity (Wildman–Crippen MR) is 119 cm³/mol. The van der Waals surface area contributed by atoms with Crippen LogP contribution in [0.2, 0.25) is 0 Å². The number of Topliss-reactive ketones (excluding diaryl/α,β-unsaturated/α-hetero) is 2. The van der Waals surface area contributed by atoms with Gasteiger partial charge in [0.15, 0.2) is 11.6 Å². The number of carbonyl (C=O) groups is 2. The normalized spacial score (nSPS) is 24.7. The quantitative estimate of drug-likeness (QED) is 0.406. The van der Waals surface area contributed by atoms with E-state index in [1.165, 1.54) is 0 Å². The van der Waals surface area contributed by atoms with E-state index in [1.807, 2.05) is 25.1 Å². The fourth-order valence-corrected chi connectivity index (χ4v) is 4.87. The first kappa shape index (κ1) is 22.6. The molecule has 0 spiro atoms. The Morgan fingerprint density at radius 1 is 1.07 bits per heavy atom. The van der Waals surface area contributed by atoms with Gasteiger partial charge in [-0.3, -0.25) is 9.59 Å². The predicted octanol–water partition coefficient (Wildman–Crippen LogP) is 6.14. The molecule has 1 fully saturated rings. The molecule has 0 saturated carbocycles. The van der Waals surface area contributed by atoms with E-state index >= 15 is 0 Å². The number of hydrogen-bond acceptors (Lipinski definition) is 3. The Kier molecular flexibility index (Phi) is 6.10. The first-order valence-corrected chi connectivity index (χ1v) is 10.9. The van der Waals surface area contributed by atoms with Crippen molar-refractivity contribution < 1.29 is 14.3 Å². The van der Waals surface area contributed by atoms with Gasteiger partial charge in [0.2, 0.25) is 0 Å². The van der Waals surface area contributed by atoms with Crippen molar-refractivity contribution in [3.63, 3.8) is 0 Å². The maximum Gasteiger partial charge on any atom is 0.179 e. The van der Waals surface area contributed by atoms with E-state index in [9.17, 15) is 9.59 Å². The Bertz CT molecular complexity index is 915. The van der Waals surface area contributed by atoms with Crippen molar-refractivity contribution in [1.82, 2.24) is 0 Å². The highest BCUT2D eigenvalue weighted by Crippen LogP contribution is 2.42. The van der Waals surface area contributed by atoms with Crippen LogP contribution < -0.4 is 0 Å². The largest absolute Gasteiger partial charge is 0.354 e. The van der Waals surface area contributed by atoms with E-state index < -0.39 is 22.5 Å². The summed E-state index contributed by atoms with van der Waals surface area (Å²) < 4.78 is 5.83. The van der Waals surface area contributed by atoms with Crippen LogP contribution >= 0.6 is 34.8 Å². The number of allylic oxidation sites excluding steroid dienone is 4. The van der Waals surface area contributed by atoms with Crippen LogP contribution in [-0.2, 0) is 20.7 Å². The minimum Gasteiger partial charge on any atom is -0.354 e. The lowest BCUT2D eigenvalue weighted by atomic mass is 9.73. The average molecular weight is 456 g/mol. The summed E-state index contributed by atoms with van der Waals surface area (Å²) in [7, 11) is 0. The van der Waals surface area contributed by atoms with Gasteiger partial charge < -0.3 is 4.74 Å². The van der Waals surface area contributed by atoms with Gasteiger partial charge in [-0.2, -0.15) is 0 Å². The lowest BCUT2D eigenvalue weighted by Crippen LogP contribution is -2.58. The number of aryl methyl sites for hydroxylation is 1. The molecule has 1 unspecified atom stereocenters. The highest BCUT2D eigenvalue weighted by Gasteiger charge is 2.53. The monoisotopic (exact) mass is 454 g/mol. The number of benzene rings is 1. The third-order valence-corrected chi connectivity index (χ3v) is 6.99. The molecule has 0 aromatic heterocycles. The molecule has 3 rings (SSSR count). The molecule has 1 aliphatic heterocycles. The third kappa shape index (κ3) is 4.07. The Hall–Kier alpha value is -1.13. The Morgan fingerprint density at radius 3 is 2.17 bits per heavy atom. The molecule has 2 aliphatic rings. The summed E-state index contributed by atoms with van der Waals surface area (Å²) in [5, 5.41) is 0.443. The minimum absolute atomic E-state index is 0.220. The number of halogens is 3. The summed E-state index contributed by atoms with van der Waals surface area (Å²) in [6.45, 7) is 8.90. The van der Waals surface area contributed by atoms with E-state index in [4.69, 9.17) is 39.5 Å². The number of ether oxygens (including phenoxy) is 1. The van der Waals surface area contributed by atoms with Crippen molar-refractivity contribution in [3.05, 3.63) is 51.0 Å². The summed E-state index contributed by atoms with van der Waals surface area (Å²) in [6.07, 6.45) is 3.03. The molecule has 0 radical (unpaired) electrons. The molecule has 0 amide bonds. The molecule has 6 heteroatoms. The Balaban J connectivity index is 2.14. The summed E-state index contributed by atoms with van der Waals surface area (Å²) in [5.41, 5.74) is 1.41. The SMILES string of the molecule is CCc1ccc(C2=CC(Cl)=C(Cl)C(Cl)C2)cc1C1C(=O)C(C)(C)OC(C)(C)C1=O. The molecule has 1 atom stereocenters. The summed E-state index contributed by atoms with van der Waals surface area (Å²) >= 11 is 18.7. The standard InChI is InChI=1S/C23H25Cl3O3/c1-6-12-7-8-13(14-10-16(24)19(26)17(25)11-14)9-15(12)18-20(27)22(2,3)29-23(4,5)21(18)28/h7-10,17-18H,6,11H2,1-5H3. The molecule has 1 aromatic rings. The van der Waals surface area contributed by atoms with Gasteiger partial charge in [0, 0.05) is 0 Å². The van der Waals surface area contributed by atoms with Crippen molar-refractivity contribution in [3.8, 4) is 0 Å². The maximum atomic E-state index is 13.2. The van der Waals surface area contributed by atoms with Gasteiger partial charge in [-0.15, -0.1) is 11.6 Å². The molecular weight excluding hydrogens is 431 g/mol. The van der Waals surface area contributed by atoms with Crippen LogP contribution in [0.4, 0.5) is 0 Å². The second kappa shape index (κ2) is 7.85. The summed E-state index contributed by atoms with van der Waals surface area (Å²) in [6, 6.07) is 5.87. The van der Waals surface area contributed by atoms with E-state index in [-0.39, 0.29) is 11.6 Å². The second-order valence-corrected chi connectivity index (χ2v) is 9.93. The van der Waals surface area contributed by atoms with E-state index in [0.717, 1.165) is 22.3 Å². The van der Waals surface area contributed by atoms with Crippen LogP contribution in [-0.4, -0.2) is 28.1 Å². The minimum atomic E-state index is -1.05. The zero-order valence-corrected chi connectivity index (χ0v) is 19.5. The number of hydrogen-bond donors (Lipinski definition) is 0. The molecule has 1 aromatic carbocycles. The zero-order valence-electron chi connectivity index (χ0n) is 17.2. The summed E-state index contributed by atoms with van der Waals surface area (Å²) in [4.78, 5) is 26.4. The molecule has 29 heavy (non-hydrogen) atoms. The number of carbonyl (C=O) groups excluding carboxylic acids is 2. The van der Waals surface area contributed by atoms with Crippen LogP contribution in [0.15, 0.2) is 34.3 Å². The van der Waals surface area contributed by atoms with Gasteiger partial charge in [-0.1, -0.05) is 48.3 Å². The molecule has 1 saturated heterocycles. The Labute approximate surface area is 187 Å². The van der Waals surface area contributed by atoms with Crippen molar-refractivity contribution >= 4 is 51.9 Å². The first-order chi connectivity index (χ1) is 13.4. The molecule has 1 aliphatic carbocycles. The van der Waals surface area contributed by atoms with Gasteiger partial charge >= 0.3 is 0 Å². The topological polar surface area (TPSA) is 43.4 Å². The third-order valence-electron chi connectivity index (χ3n) is 5.63. The van der Waals surface area contributed by atoms with Crippen LogP contribution in [0.5, 0.6) is 0 Å². The van der Waals surface area contributed by atoms with E-state index in [2.05, 4.69) is 0 Å². The van der Waals surface area contributed by atoms with Crippen LogP contribution in [0, 0.1) is 0 Å². The van der Waals surface area contributed by atoms with Crippen molar-refractivity contribution in [2.75, 3.05) is 0 Å². The molecule has 1 heterocycles. The second-order valence-electron chi connectivity index (χ2n) is 8.59. The van der Waals surface area contributed by atoms with E-state index in [0.29, 0.717) is 22.9 Å².